The highest BCUT2D eigenvalue weighted by atomic mass is 15.1. The van der Waals surface area contributed by atoms with E-state index in [1.54, 1.807) is 0 Å². The highest BCUT2D eigenvalue weighted by molar-refractivity contribution is 5.76. The van der Waals surface area contributed by atoms with E-state index in [2.05, 4.69) is 102 Å². The molecule has 0 unspecified atom stereocenters. The Bertz CT molecular complexity index is 697. The van der Waals surface area contributed by atoms with Gasteiger partial charge in [-0.2, -0.15) is 0 Å². The minimum absolute atomic E-state index is 0.928. The van der Waals surface area contributed by atoms with Gasteiger partial charge in [-0.15, -0.1) is 0 Å². The Kier molecular flexibility index (Phi) is 6.24. The summed E-state index contributed by atoms with van der Waals surface area (Å²) >= 11 is 0. The Morgan fingerprint density at radius 2 is 1.20 bits per heavy atom. The van der Waals surface area contributed by atoms with Crippen LogP contribution in [0.1, 0.15) is 25.3 Å². The fourth-order valence-electron chi connectivity index (χ4n) is 2.90. The second-order valence-electron chi connectivity index (χ2n) is 6.20. The maximum atomic E-state index is 3.50. The van der Waals surface area contributed by atoms with Crippen LogP contribution in [0, 0.1) is 0 Å². The molecule has 0 bridgehead atoms. The van der Waals surface area contributed by atoms with Gasteiger partial charge in [0.1, 0.15) is 0 Å². The number of unbranched alkanes of at least 4 members (excludes halogenated alkanes) is 1. The summed E-state index contributed by atoms with van der Waals surface area (Å²) < 4.78 is 0. The van der Waals surface area contributed by atoms with Crippen molar-refractivity contribution < 1.29 is 0 Å². The molecule has 3 rings (SSSR count). The first-order chi connectivity index (χ1) is 12.4. The average molecular weight is 330 g/mol. The van der Waals surface area contributed by atoms with Gasteiger partial charge in [-0.05, 0) is 54.9 Å². The van der Waals surface area contributed by atoms with Crippen LogP contribution in [0.3, 0.4) is 0 Å². The van der Waals surface area contributed by atoms with Crippen LogP contribution in [0.2, 0.25) is 0 Å². The molecule has 0 spiro atoms. The van der Waals surface area contributed by atoms with Crippen LogP contribution in [0.25, 0.3) is 0 Å². The molecule has 0 aliphatic heterocycles. The number of hydrogen-bond acceptors (Lipinski definition) is 2. The predicted octanol–water partition coefficient (Wildman–Crippen LogP) is 6.05. The van der Waals surface area contributed by atoms with E-state index in [1.807, 2.05) is 0 Å². The molecule has 0 saturated heterocycles. The molecule has 25 heavy (non-hydrogen) atoms. The first-order valence-corrected chi connectivity index (χ1v) is 9.08. The van der Waals surface area contributed by atoms with Crippen LogP contribution < -0.4 is 10.2 Å². The van der Waals surface area contributed by atoms with Gasteiger partial charge in [-0.1, -0.05) is 61.9 Å². The van der Waals surface area contributed by atoms with Gasteiger partial charge in [0.05, 0.1) is 0 Å². The average Bonchev–Trinajstić information content (AvgIpc) is 2.68. The van der Waals surface area contributed by atoms with Gasteiger partial charge in [-0.3, -0.25) is 0 Å². The molecule has 128 valence electrons. The quantitative estimate of drug-likeness (QED) is 0.506. The molecule has 0 radical (unpaired) electrons. The molecule has 2 nitrogen and oxygen atoms in total. The Labute approximate surface area is 151 Å². The van der Waals surface area contributed by atoms with Crippen molar-refractivity contribution in [3.8, 4) is 0 Å². The van der Waals surface area contributed by atoms with Gasteiger partial charge in [0.25, 0.3) is 0 Å². The van der Waals surface area contributed by atoms with Crippen molar-refractivity contribution in [2.45, 2.75) is 26.3 Å². The standard InChI is InChI=1S/C23H26N2/c1-2-3-18-24-19-20-14-16-23(17-15-20)25(21-10-6-4-7-11-21)22-12-8-5-9-13-22/h4-17,24H,2-3,18-19H2,1H3. The second-order valence-corrected chi connectivity index (χ2v) is 6.20. The minimum atomic E-state index is 0.928. The van der Waals surface area contributed by atoms with E-state index >= 15 is 0 Å². The van der Waals surface area contributed by atoms with Gasteiger partial charge in [0, 0.05) is 23.6 Å². The molecule has 0 amide bonds. The second kappa shape index (κ2) is 9.05. The van der Waals surface area contributed by atoms with Crippen LogP contribution in [-0.2, 0) is 6.54 Å². The van der Waals surface area contributed by atoms with E-state index < -0.39 is 0 Å². The van der Waals surface area contributed by atoms with Crippen LogP contribution in [-0.4, -0.2) is 6.54 Å². The summed E-state index contributed by atoms with van der Waals surface area (Å²) in [4.78, 5) is 2.29. The number of benzene rings is 3. The van der Waals surface area contributed by atoms with Crippen molar-refractivity contribution in [1.29, 1.82) is 0 Å². The molecule has 3 aromatic rings. The Morgan fingerprint density at radius 1 is 0.680 bits per heavy atom. The number of anilines is 3. The summed E-state index contributed by atoms with van der Waals surface area (Å²) in [6, 6.07) is 29.9. The fraction of sp³-hybridized carbons (Fsp3) is 0.217. The Hall–Kier alpha value is -2.58. The minimum Gasteiger partial charge on any atom is -0.313 e. The fourth-order valence-corrected chi connectivity index (χ4v) is 2.90. The first-order valence-electron chi connectivity index (χ1n) is 9.08. The van der Waals surface area contributed by atoms with E-state index in [0.717, 1.165) is 13.1 Å². The molecule has 0 saturated carbocycles. The molecule has 0 fully saturated rings. The van der Waals surface area contributed by atoms with Gasteiger partial charge < -0.3 is 10.2 Å². The smallest absolute Gasteiger partial charge is 0.0461 e. The topological polar surface area (TPSA) is 15.3 Å². The number of rotatable bonds is 8. The molecular formula is C23H26N2. The molecule has 3 aromatic carbocycles. The maximum absolute atomic E-state index is 3.50. The van der Waals surface area contributed by atoms with E-state index in [-0.39, 0.29) is 0 Å². The summed E-state index contributed by atoms with van der Waals surface area (Å²) in [7, 11) is 0. The molecular weight excluding hydrogens is 304 g/mol. The summed E-state index contributed by atoms with van der Waals surface area (Å²) in [5.74, 6) is 0. The van der Waals surface area contributed by atoms with Gasteiger partial charge >= 0.3 is 0 Å². The Balaban J connectivity index is 1.82. The van der Waals surface area contributed by atoms with Gasteiger partial charge in [0.15, 0.2) is 0 Å². The predicted molar refractivity (Wildman–Crippen MR) is 108 cm³/mol. The van der Waals surface area contributed by atoms with E-state index in [0.29, 0.717) is 0 Å². The van der Waals surface area contributed by atoms with Crippen molar-refractivity contribution in [2.75, 3.05) is 11.4 Å². The van der Waals surface area contributed by atoms with Crippen LogP contribution >= 0.6 is 0 Å². The molecule has 0 heterocycles. The summed E-state index contributed by atoms with van der Waals surface area (Å²) in [6.45, 7) is 4.23. The molecule has 0 atom stereocenters. The number of nitrogens with one attached hydrogen (secondary N) is 1. The molecule has 2 heteroatoms. The summed E-state index contributed by atoms with van der Waals surface area (Å²) in [5, 5.41) is 3.50. The van der Waals surface area contributed by atoms with Crippen molar-refractivity contribution >= 4 is 17.1 Å². The van der Waals surface area contributed by atoms with Crippen LogP contribution in [0.5, 0.6) is 0 Å². The number of hydrogen-bond donors (Lipinski definition) is 1. The highest BCUT2D eigenvalue weighted by Gasteiger charge is 2.11. The van der Waals surface area contributed by atoms with Gasteiger partial charge in [-0.25, -0.2) is 0 Å². The maximum Gasteiger partial charge on any atom is 0.0461 e. The zero-order chi connectivity index (χ0) is 17.3. The third kappa shape index (κ3) is 4.71. The molecule has 0 aliphatic rings. The Morgan fingerprint density at radius 3 is 1.72 bits per heavy atom. The van der Waals surface area contributed by atoms with Crippen molar-refractivity contribution in [3.05, 3.63) is 90.5 Å². The third-order valence-corrected chi connectivity index (χ3v) is 4.26. The van der Waals surface area contributed by atoms with Crippen LogP contribution in [0.4, 0.5) is 17.1 Å². The van der Waals surface area contributed by atoms with E-state index in [1.165, 1.54) is 35.5 Å². The molecule has 1 N–H and O–H groups in total. The summed E-state index contributed by atoms with van der Waals surface area (Å²) in [5.41, 5.74) is 4.83. The lowest BCUT2D eigenvalue weighted by Gasteiger charge is -2.25. The summed E-state index contributed by atoms with van der Waals surface area (Å²) in [6.07, 6.45) is 2.46. The van der Waals surface area contributed by atoms with Gasteiger partial charge in [0.2, 0.25) is 0 Å². The normalized spacial score (nSPS) is 10.6. The lowest BCUT2D eigenvalue weighted by Crippen LogP contribution is -2.14. The van der Waals surface area contributed by atoms with E-state index in [9.17, 15) is 0 Å². The largest absolute Gasteiger partial charge is 0.313 e. The van der Waals surface area contributed by atoms with E-state index in [4.69, 9.17) is 0 Å². The van der Waals surface area contributed by atoms with Crippen molar-refractivity contribution in [3.63, 3.8) is 0 Å². The zero-order valence-electron chi connectivity index (χ0n) is 14.9. The lowest BCUT2D eigenvalue weighted by atomic mass is 10.1. The lowest BCUT2D eigenvalue weighted by molar-refractivity contribution is 0.641. The monoisotopic (exact) mass is 330 g/mol. The third-order valence-electron chi connectivity index (χ3n) is 4.26. The van der Waals surface area contributed by atoms with Crippen molar-refractivity contribution in [1.82, 2.24) is 5.32 Å². The molecule has 0 aromatic heterocycles. The SMILES string of the molecule is CCCCNCc1ccc(N(c2ccccc2)c2ccccc2)cc1. The zero-order valence-corrected chi connectivity index (χ0v) is 14.9. The highest BCUT2D eigenvalue weighted by Crippen LogP contribution is 2.33. The van der Waals surface area contributed by atoms with Crippen molar-refractivity contribution in [2.24, 2.45) is 0 Å². The first kappa shape index (κ1) is 17.2. The number of nitrogens with zero attached hydrogens (tertiary/aromatic N) is 1. The number of para-hydroxylation sites is 2. The molecule has 0 aliphatic carbocycles. The van der Waals surface area contributed by atoms with Crippen LogP contribution in [0.15, 0.2) is 84.9 Å².